The fourth-order valence-electron chi connectivity index (χ4n) is 2.98. The Morgan fingerprint density at radius 2 is 1.91 bits per heavy atom. The molecular weight excluding hydrogens is 362 g/mol. The number of esters is 1. The molecule has 1 aromatic carbocycles. The number of carbonyl (C=O) groups excluding carboxylic acids is 2. The molecule has 6 heteroatoms. The number of benzene rings is 1. The predicted octanol–water partition coefficient (Wildman–Crippen LogP) is 3.40. The van der Waals surface area contributed by atoms with Crippen molar-refractivity contribution >= 4 is 27.8 Å². The largest absolute Gasteiger partial charge is 0.497 e. The first-order valence-electron chi connectivity index (χ1n) is 7.76. The van der Waals surface area contributed by atoms with Gasteiger partial charge in [0.05, 0.1) is 12.7 Å². The van der Waals surface area contributed by atoms with Gasteiger partial charge < -0.3 is 14.4 Å². The van der Waals surface area contributed by atoms with Gasteiger partial charge in [-0.25, -0.2) is 4.79 Å². The van der Waals surface area contributed by atoms with Crippen LogP contribution >= 0.6 is 15.9 Å². The molecule has 2 rings (SSSR count). The van der Waals surface area contributed by atoms with E-state index in [-0.39, 0.29) is 24.6 Å². The molecule has 0 aromatic heterocycles. The number of hydrogen-bond donors (Lipinski definition) is 0. The van der Waals surface area contributed by atoms with Crippen molar-refractivity contribution in [3.8, 4) is 5.75 Å². The lowest BCUT2D eigenvalue weighted by molar-refractivity contribution is -0.140. The van der Waals surface area contributed by atoms with Gasteiger partial charge in [-0.2, -0.15) is 0 Å². The maximum Gasteiger partial charge on any atom is 0.339 e. The SMILES string of the molecule is COc1ccc(Br)c(C(=O)OCC(=O)N2[C@@H](C)CCC[C@@H]2C)c1. The third-order valence-electron chi connectivity index (χ3n) is 4.20. The Kier molecular flexibility index (Phi) is 6.04. The maximum atomic E-state index is 12.4. The van der Waals surface area contributed by atoms with Crippen LogP contribution in [0.15, 0.2) is 22.7 Å². The van der Waals surface area contributed by atoms with E-state index in [1.807, 2.05) is 18.7 Å². The summed E-state index contributed by atoms with van der Waals surface area (Å²) < 4.78 is 10.9. The molecule has 1 amide bonds. The van der Waals surface area contributed by atoms with E-state index in [9.17, 15) is 9.59 Å². The van der Waals surface area contributed by atoms with Gasteiger partial charge in [0.1, 0.15) is 5.75 Å². The highest BCUT2D eigenvalue weighted by molar-refractivity contribution is 9.10. The molecule has 1 aliphatic heterocycles. The molecule has 0 bridgehead atoms. The van der Waals surface area contributed by atoms with Gasteiger partial charge >= 0.3 is 5.97 Å². The average Bonchev–Trinajstić information content (AvgIpc) is 2.53. The number of likely N-dealkylation sites (tertiary alicyclic amines) is 1. The number of amides is 1. The van der Waals surface area contributed by atoms with Crippen LogP contribution in [0.3, 0.4) is 0 Å². The zero-order chi connectivity index (χ0) is 17.0. The van der Waals surface area contributed by atoms with Crippen LogP contribution in [0, 0.1) is 0 Å². The van der Waals surface area contributed by atoms with Crippen LogP contribution in [0.4, 0.5) is 0 Å². The number of halogens is 1. The molecule has 0 unspecified atom stereocenters. The van der Waals surface area contributed by atoms with Gasteiger partial charge in [0.15, 0.2) is 6.61 Å². The smallest absolute Gasteiger partial charge is 0.339 e. The second-order valence-corrected chi connectivity index (χ2v) is 6.71. The molecule has 0 radical (unpaired) electrons. The van der Waals surface area contributed by atoms with Gasteiger partial charge in [0.25, 0.3) is 5.91 Å². The quantitative estimate of drug-likeness (QED) is 0.747. The summed E-state index contributed by atoms with van der Waals surface area (Å²) in [6.07, 6.45) is 3.11. The standard InChI is InChI=1S/C17H22BrNO4/c1-11-5-4-6-12(2)19(11)16(20)10-23-17(21)14-9-13(22-3)7-8-15(14)18/h7-9,11-12H,4-6,10H2,1-3H3/t11-,12-/m0/s1. The highest BCUT2D eigenvalue weighted by atomic mass is 79.9. The Morgan fingerprint density at radius 3 is 2.52 bits per heavy atom. The van der Waals surface area contributed by atoms with E-state index in [2.05, 4.69) is 15.9 Å². The molecule has 1 aliphatic rings. The fraction of sp³-hybridized carbons (Fsp3) is 0.529. The van der Waals surface area contributed by atoms with Crippen LogP contribution in [0.1, 0.15) is 43.5 Å². The van der Waals surface area contributed by atoms with E-state index in [1.165, 1.54) is 7.11 Å². The van der Waals surface area contributed by atoms with E-state index in [4.69, 9.17) is 9.47 Å². The van der Waals surface area contributed by atoms with Gasteiger partial charge in [0, 0.05) is 16.6 Å². The summed E-state index contributed by atoms with van der Waals surface area (Å²) in [4.78, 5) is 26.4. The summed E-state index contributed by atoms with van der Waals surface area (Å²) in [6.45, 7) is 3.83. The van der Waals surface area contributed by atoms with Crippen molar-refractivity contribution in [2.45, 2.75) is 45.2 Å². The molecule has 2 atom stereocenters. The van der Waals surface area contributed by atoms with Crippen LogP contribution in [-0.2, 0) is 9.53 Å². The van der Waals surface area contributed by atoms with Crippen molar-refractivity contribution in [2.75, 3.05) is 13.7 Å². The number of ether oxygens (including phenoxy) is 2. The summed E-state index contributed by atoms with van der Waals surface area (Å²) >= 11 is 3.31. The fourth-order valence-corrected chi connectivity index (χ4v) is 3.39. The first kappa shape index (κ1) is 17.8. The maximum absolute atomic E-state index is 12.4. The van der Waals surface area contributed by atoms with Gasteiger partial charge in [0.2, 0.25) is 0 Å². The summed E-state index contributed by atoms with van der Waals surface area (Å²) in [5.41, 5.74) is 0.344. The van der Waals surface area contributed by atoms with Gasteiger partial charge in [-0.1, -0.05) is 0 Å². The molecule has 1 aromatic rings. The van der Waals surface area contributed by atoms with Crippen molar-refractivity contribution in [2.24, 2.45) is 0 Å². The van der Waals surface area contributed by atoms with E-state index < -0.39 is 5.97 Å². The van der Waals surface area contributed by atoms with Gasteiger partial charge in [-0.05, 0) is 67.2 Å². The number of nitrogens with zero attached hydrogens (tertiary/aromatic N) is 1. The number of piperidine rings is 1. The lowest BCUT2D eigenvalue weighted by Gasteiger charge is -2.38. The molecular formula is C17H22BrNO4. The molecule has 1 saturated heterocycles. The third kappa shape index (κ3) is 4.25. The molecule has 0 aliphatic carbocycles. The highest BCUT2D eigenvalue weighted by Gasteiger charge is 2.29. The van der Waals surface area contributed by atoms with E-state index in [0.29, 0.717) is 15.8 Å². The first-order valence-corrected chi connectivity index (χ1v) is 8.55. The van der Waals surface area contributed by atoms with Crippen LogP contribution < -0.4 is 4.74 Å². The van der Waals surface area contributed by atoms with Crippen LogP contribution in [0.5, 0.6) is 5.75 Å². The van der Waals surface area contributed by atoms with Crippen LogP contribution in [0.25, 0.3) is 0 Å². The number of carbonyl (C=O) groups is 2. The highest BCUT2D eigenvalue weighted by Crippen LogP contribution is 2.24. The number of methoxy groups -OCH3 is 1. The summed E-state index contributed by atoms with van der Waals surface area (Å²) in [5.74, 6) is -0.122. The molecule has 5 nitrogen and oxygen atoms in total. The zero-order valence-corrected chi connectivity index (χ0v) is 15.3. The van der Waals surface area contributed by atoms with Crippen molar-refractivity contribution in [3.05, 3.63) is 28.2 Å². The average molecular weight is 384 g/mol. The summed E-state index contributed by atoms with van der Waals surface area (Å²) in [7, 11) is 1.53. The van der Waals surface area contributed by atoms with E-state index in [0.717, 1.165) is 19.3 Å². The molecule has 23 heavy (non-hydrogen) atoms. The molecule has 0 N–H and O–H groups in total. The summed E-state index contributed by atoms with van der Waals surface area (Å²) in [6, 6.07) is 5.42. The minimum atomic E-state index is -0.540. The lowest BCUT2D eigenvalue weighted by Crippen LogP contribution is -2.49. The molecule has 0 saturated carbocycles. The molecule has 0 spiro atoms. The first-order chi connectivity index (χ1) is 10.9. The third-order valence-corrected chi connectivity index (χ3v) is 4.89. The summed E-state index contributed by atoms with van der Waals surface area (Å²) in [5, 5.41) is 0. The van der Waals surface area contributed by atoms with Crippen molar-refractivity contribution < 1.29 is 19.1 Å². The minimum absolute atomic E-state index is 0.142. The van der Waals surface area contributed by atoms with E-state index in [1.54, 1.807) is 18.2 Å². The molecule has 1 heterocycles. The zero-order valence-electron chi connectivity index (χ0n) is 13.7. The van der Waals surface area contributed by atoms with Crippen LogP contribution in [-0.4, -0.2) is 42.6 Å². The molecule has 1 fully saturated rings. The number of hydrogen-bond acceptors (Lipinski definition) is 4. The van der Waals surface area contributed by atoms with E-state index >= 15 is 0 Å². The second-order valence-electron chi connectivity index (χ2n) is 5.85. The van der Waals surface area contributed by atoms with Gasteiger partial charge in [-0.15, -0.1) is 0 Å². The number of rotatable bonds is 4. The predicted molar refractivity (Wildman–Crippen MR) is 90.6 cm³/mol. The molecule has 126 valence electrons. The minimum Gasteiger partial charge on any atom is -0.497 e. The second kappa shape index (κ2) is 7.81. The lowest BCUT2D eigenvalue weighted by atomic mass is 9.97. The van der Waals surface area contributed by atoms with Gasteiger partial charge in [-0.3, -0.25) is 4.79 Å². The van der Waals surface area contributed by atoms with Crippen molar-refractivity contribution in [1.82, 2.24) is 4.90 Å². The Labute approximate surface area is 145 Å². The van der Waals surface area contributed by atoms with Crippen LogP contribution in [0.2, 0.25) is 0 Å². The monoisotopic (exact) mass is 383 g/mol. The Morgan fingerprint density at radius 1 is 1.26 bits per heavy atom. The Balaban J connectivity index is 2.00. The Hall–Kier alpha value is -1.56. The van der Waals surface area contributed by atoms with Crippen molar-refractivity contribution in [1.29, 1.82) is 0 Å². The normalized spacial score (nSPS) is 21.0. The van der Waals surface area contributed by atoms with Crippen molar-refractivity contribution in [3.63, 3.8) is 0 Å². The topological polar surface area (TPSA) is 55.8 Å². The Bertz CT molecular complexity index is 580.